The topological polar surface area (TPSA) is 51.8 Å². The highest BCUT2D eigenvalue weighted by Gasteiger charge is 2.16. The summed E-state index contributed by atoms with van der Waals surface area (Å²) < 4.78 is 0. The first-order valence-electron chi connectivity index (χ1n) is 6.32. The highest BCUT2D eigenvalue weighted by Crippen LogP contribution is 2.31. The van der Waals surface area contributed by atoms with Crippen LogP contribution in [0.3, 0.4) is 0 Å². The highest BCUT2D eigenvalue weighted by molar-refractivity contribution is 5.12. The summed E-state index contributed by atoms with van der Waals surface area (Å²) in [5.41, 5.74) is 7.04. The Balaban J connectivity index is 2.00. The van der Waals surface area contributed by atoms with Gasteiger partial charge in [-0.15, -0.1) is 0 Å². The zero-order valence-corrected chi connectivity index (χ0v) is 10.0. The molecule has 0 spiro atoms. The molecule has 1 aromatic rings. The quantitative estimate of drug-likeness (QED) is 0.849. The number of hydrogen-bond donors (Lipinski definition) is 1. The molecule has 0 amide bonds. The maximum Gasteiger partial charge on any atom is 0.129 e. The fourth-order valence-corrected chi connectivity index (χ4v) is 2.40. The van der Waals surface area contributed by atoms with Gasteiger partial charge in [0.25, 0.3) is 0 Å². The van der Waals surface area contributed by atoms with Crippen LogP contribution in [-0.2, 0) is 6.42 Å². The molecular formula is C13H21N3. The fraction of sp³-hybridized carbons (Fsp3) is 0.692. The molecule has 1 fully saturated rings. The van der Waals surface area contributed by atoms with Crippen LogP contribution in [0.25, 0.3) is 0 Å². The van der Waals surface area contributed by atoms with Crippen molar-refractivity contribution in [1.29, 1.82) is 0 Å². The highest BCUT2D eigenvalue weighted by atomic mass is 14.9. The van der Waals surface area contributed by atoms with E-state index < -0.39 is 0 Å². The van der Waals surface area contributed by atoms with Gasteiger partial charge in [-0.25, -0.2) is 9.97 Å². The first kappa shape index (κ1) is 11.5. The summed E-state index contributed by atoms with van der Waals surface area (Å²) in [4.78, 5) is 8.81. The summed E-state index contributed by atoms with van der Waals surface area (Å²) in [5, 5.41) is 0. The Morgan fingerprint density at radius 2 is 1.88 bits per heavy atom. The van der Waals surface area contributed by atoms with E-state index in [-0.39, 0.29) is 6.04 Å². The molecule has 1 atom stereocenters. The van der Waals surface area contributed by atoms with Gasteiger partial charge in [0.1, 0.15) is 5.82 Å². The molecule has 0 saturated heterocycles. The number of rotatable bonds is 3. The summed E-state index contributed by atoms with van der Waals surface area (Å²) in [7, 11) is 0. The van der Waals surface area contributed by atoms with Gasteiger partial charge in [0.15, 0.2) is 0 Å². The Kier molecular flexibility index (Phi) is 3.88. The predicted octanol–water partition coefficient (Wildman–Crippen LogP) is 2.41. The average Bonchev–Trinajstić information content (AvgIpc) is 2.30. The lowest BCUT2D eigenvalue weighted by Crippen LogP contribution is -2.19. The van der Waals surface area contributed by atoms with Crippen LogP contribution in [0.2, 0.25) is 0 Å². The Morgan fingerprint density at radius 1 is 1.25 bits per heavy atom. The van der Waals surface area contributed by atoms with Gasteiger partial charge in [-0.3, -0.25) is 0 Å². The van der Waals surface area contributed by atoms with Crippen LogP contribution in [0.15, 0.2) is 12.4 Å². The van der Waals surface area contributed by atoms with Gasteiger partial charge in [0.2, 0.25) is 0 Å². The zero-order valence-electron chi connectivity index (χ0n) is 10.0. The third kappa shape index (κ3) is 3.01. The standard InChI is InChI=1S/C13H21N3/c1-10(14)7-13-15-8-12(9-16-13)11-5-3-2-4-6-11/h8-11H,2-7,14H2,1H3. The molecule has 1 aliphatic carbocycles. The number of hydrogen-bond acceptors (Lipinski definition) is 3. The summed E-state index contributed by atoms with van der Waals surface area (Å²) in [5.74, 6) is 1.56. The van der Waals surface area contributed by atoms with Crippen LogP contribution in [0.4, 0.5) is 0 Å². The molecule has 3 heteroatoms. The van der Waals surface area contributed by atoms with E-state index in [1.54, 1.807) is 0 Å². The molecule has 1 saturated carbocycles. The lowest BCUT2D eigenvalue weighted by molar-refractivity contribution is 0.441. The van der Waals surface area contributed by atoms with Gasteiger partial charge in [-0.05, 0) is 31.2 Å². The molecular weight excluding hydrogens is 198 g/mol. The van der Waals surface area contributed by atoms with E-state index in [2.05, 4.69) is 9.97 Å². The van der Waals surface area contributed by atoms with Gasteiger partial charge < -0.3 is 5.73 Å². The molecule has 1 aromatic heterocycles. The van der Waals surface area contributed by atoms with E-state index in [0.717, 1.165) is 12.2 Å². The van der Waals surface area contributed by atoms with E-state index in [4.69, 9.17) is 5.73 Å². The third-order valence-corrected chi connectivity index (χ3v) is 3.31. The van der Waals surface area contributed by atoms with Crippen molar-refractivity contribution in [2.24, 2.45) is 5.73 Å². The predicted molar refractivity (Wildman–Crippen MR) is 65.2 cm³/mol. The minimum absolute atomic E-state index is 0.139. The van der Waals surface area contributed by atoms with E-state index in [1.807, 2.05) is 19.3 Å². The van der Waals surface area contributed by atoms with Crippen LogP contribution < -0.4 is 5.73 Å². The molecule has 0 aliphatic heterocycles. The second-order valence-corrected chi connectivity index (χ2v) is 4.95. The van der Waals surface area contributed by atoms with Crippen molar-refractivity contribution in [2.75, 3.05) is 0 Å². The van der Waals surface area contributed by atoms with Crippen molar-refractivity contribution in [3.63, 3.8) is 0 Å². The smallest absolute Gasteiger partial charge is 0.129 e. The SMILES string of the molecule is CC(N)Cc1ncc(C2CCCCC2)cn1. The number of nitrogens with zero attached hydrogens (tertiary/aromatic N) is 2. The summed E-state index contributed by atoms with van der Waals surface area (Å²) >= 11 is 0. The van der Waals surface area contributed by atoms with Crippen LogP contribution in [0.1, 0.15) is 56.3 Å². The molecule has 0 radical (unpaired) electrons. The summed E-state index contributed by atoms with van der Waals surface area (Å²) in [6.45, 7) is 1.98. The van der Waals surface area contributed by atoms with E-state index in [1.165, 1.54) is 37.7 Å². The van der Waals surface area contributed by atoms with E-state index >= 15 is 0 Å². The Morgan fingerprint density at radius 3 is 2.44 bits per heavy atom. The van der Waals surface area contributed by atoms with Crippen molar-refractivity contribution in [3.05, 3.63) is 23.8 Å². The van der Waals surface area contributed by atoms with Crippen molar-refractivity contribution in [1.82, 2.24) is 9.97 Å². The average molecular weight is 219 g/mol. The van der Waals surface area contributed by atoms with Gasteiger partial charge in [-0.1, -0.05) is 19.3 Å². The summed E-state index contributed by atoms with van der Waals surface area (Å²) in [6, 6.07) is 0.139. The zero-order chi connectivity index (χ0) is 11.4. The molecule has 16 heavy (non-hydrogen) atoms. The Labute approximate surface area is 97.5 Å². The van der Waals surface area contributed by atoms with Crippen LogP contribution in [-0.4, -0.2) is 16.0 Å². The summed E-state index contributed by atoms with van der Waals surface area (Å²) in [6.07, 6.45) is 11.5. The monoisotopic (exact) mass is 219 g/mol. The molecule has 2 N–H and O–H groups in total. The van der Waals surface area contributed by atoms with E-state index in [9.17, 15) is 0 Å². The Bertz CT molecular complexity index is 312. The normalized spacial score (nSPS) is 19.6. The lowest BCUT2D eigenvalue weighted by Gasteiger charge is -2.21. The minimum atomic E-state index is 0.139. The third-order valence-electron chi connectivity index (χ3n) is 3.31. The second-order valence-electron chi connectivity index (χ2n) is 4.95. The van der Waals surface area contributed by atoms with Crippen LogP contribution >= 0.6 is 0 Å². The van der Waals surface area contributed by atoms with Gasteiger partial charge >= 0.3 is 0 Å². The maximum absolute atomic E-state index is 5.73. The van der Waals surface area contributed by atoms with Gasteiger partial charge in [0.05, 0.1) is 0 Å². The first-order chi connectivity index (χ1) is 7.75. The van der Waals surface area contributed by atoms with Crippen molar-refractivity contribution >= 4 is 0 Å². The lowest BCUT2D eigenvalue weighted by atomic mass is 9.85. The molecule has 2 rings (SSSR count). The fourth-order valence-electron chi connectivity index (χ4n) is 2.40. The molecule has 1 aliphatic rings. The largest absolute Gasteiger partial charge is 0.328 e. The molecule has 0 aromatic carbocycles. The maximum atomic E-state index is 5.73. The first-order valence-corrected chi connectivity index (χ1v) is 6.32. The van der Waals surface area contributed by atoms with Crippen molar-refractivity contribution in [2.45, 2.75) is 57.4 Å². The minimum Gasteiger partial charge on any atom is -0.328 e. The molecule has 0 bridgehead atoms. The molecule has 3 nitrogen and oxygen atoms in total. The van der Waals surface area contributed by atoms with Crippen LogP contribution in [0.5, 0.6) is 0 Å². The number of nitrogens with two attached hydrogens (primary N) is 1. The second kappa shape index (κ2) is 5.39. The number of aromatic nitrogens is 2. The van der Waals surface area contributed by atoms with Crippen LogP contribution in [0, 0.1) is 0 Å². The molecule has 1 heterocycles. The molecule has 88 valence electrons. The van der Waals surface area contributed by atoms with Gasteiger partial charge in [-0.2, -0.15) is 0 Å². The Hall–Kier alpha value is -0.960. The van der Waals surface area contributed by atoms with Crippen molar-refractivity contribution in [3.8, 4) is 0 Å². The van der Waals surface area contributed by atoms with E-state index in [0.29, 0.717) is 5.92 Å². The van der Waals surface area contributed by atoms with Gasteiger partial charge in [0, 0.05) is 24.9 Å². The van der Waals surface area contributed by atoms with Crippen molar-refractivity contribution < 1.29 is 0 Å². The molecule has 1 unspecified atom stereocenters.